The average molecular weight is 473 g/mol. The van der Waals surface area contributed by atoms with Crippen molar-refractivity contribution in [3.8, 4) is 28.4 Å². The maximum atomic E-state index is 13.3. The van der Waals surface area contributed by atoms with Gasteiger partial charge in [0.15, 0.2) is 11.5 Å². The molecule has 6 N–H and O–H groups in total. The molecule has 1 aromatic heterocycles. The second kappa shape index (κ2) is 9.30. The molecule has 0 aliphatic heterocycles. The molecule has 0 atom stereocenters. The van der Waals surface area contributed by atoms with Gasteiger partial charge in [0, 0.05) is 34.6 Å². The Hall–Kier alpha value is -4.28. The number of allylic oxidation sites excluding steroid dienone is 1. The third-order valence-corrected chi connectivity index (χ3v) is 5.16. The van der Waals surface area contributed by atoms with Crippen LogP contribution < -0.4 is 25.7 Å². The summed E-state index contributed by atoms with van der Waals surface area (Å²) in [6.45, 7) is 0. The van der Waals surface area contributed by atoms with Gasteiger partial charge in [-0.3, -0.25) is 5.41 Å². The van der Waals surface area contributed by atoms with Gasteiger partial charge in [0.2, 0.25) is 5.75 Å². The molecule has 0 bridgehead atoms. The van der Waals surface area contributed by atoms with Gasteiger partial charge >= 0.3 is 6.18 Å². The Bertz CT molecular complexity index is 1290. The molecular weight excluding hydrogens is 451 g/mol. The summed E-state index contributed by atoms with van der Waals surface area (Å²) in [7, 11) is 4.30. The van der Waals surface area contributed by atoms with Crippen LogP contribution in [0.2, 0.25) is 0 Å². The average Bonchev–Trinajstić information content (AvgIpc) is 2.82. The zero-order chi connectivity index (χ0) is 25.2. The number of hydrogen-bond acceptors (Lipinski definition) is 8. The maximum Gasteiger partial charge on any atom is 0.433 e. The van der Waals surface area contributed by atoms with Crippen molar-refractivity contribution < 1.29 is 27.4 Å². The second-order valence-electron chi connectivity index (χ2n) is 7.03. The van der Waals surface area contributed by atoms with E-state index in [0.29, 0.717) is 45.5 Å². The van der Waals surface area contributed by atoms with E-state index in [4.69, 9.17) is 36.5 Å². The molecule has 1 heterocycles. The van der Waals surface area contributed by atoms with Crippen molar-refractivity contribution in [2.75, 3.05) is 27.1 Å². The molecule has 3 aromatic rings. The summed E-state index contributed by atoms with van der Waals surface area (Å²) in [5.41, 5.74) is 10.8. The number of rotatable bonds is 7. The normalized spacial score (nSPS) is 11.9. The SMILES string of the molecule is COc1cc(-c2cc(/C(=C/N)C(=N)C(F)(F)F)nc3ccc(N)c(C=N)c23)cc(OC)c1OC. The second-order valence-corrected chi connectivity index (χ2v) is 7.03. The Morgan fingerprint density at radius 1 is 1.03 bits per heavy atom. The minimum Gasteiger partial charge on any atom is -0.493 e. The molecule has 0 saturated carbocycles. The number of benzene rings is 2. The first-order valence-electron chi connectivity index (χ1n) is 9.73. The van der Waals surface area contributed by atoms with E-state index in [1.165, 1.54) is 39.5 Å². The van der Waals surface area contributed by atoms with Crippen molar-refractivity contribution in [3.63, 3.8) is 0 Å². The van der Waals surface area contributed by atoms with Gasteiger partial charge in [0.1, 0.15) is 5.71 Å². The highest BCUT2D eigenvalue weighted by Crippen LogP contribution is 2.44. The Morgan fingerprint density at radius 3 is 2.12 bits per heavy atom. The van der Waals surface area contributed by atoms with Gasteiger partial charge in [-0.15, -0.1) is 0 Å². The summed E-state index contributed by atoms with van der Waals surface area (Å²) in [6.07, 6.45) is -3.20. The fraction of sp³-hybridized carbons (Fsp3) is 0.174. The lowest BCUT2D eigenvalue weighted by atomic mass is 9.93. The summed E-state index contributed by atoms with van der Waals surface area (Å²) >= 11 is 0. The summed E-state index contributed by atoms with van der Waals surface area (Å²) in [4.78, 5) is 4.30. The molecule has 0 saturated heterocycles. The van der Waals surface area contributed by atoms with Gasteiger partial charge in [-0.2, -0.15) is 13.2 Å². The van der Waals surface area contributed by atoms with Gasteiger partial charge < -0.3 is 31.1 Å². The van der Waals surface area contributed by atoms with E-state index in [9.17, 15) is 13.2 Å². The highest BCUT2D eigenvalue weighted by atomic mass is 19.4. The predicted molar refractivity (Wildman–Crippen MR) is 125 cm³/mol. The molecule has 0 radical (unpaired) electrons. The number of pyridine rings is 1. The molecule has 11 heteroatoms. The number of nitrogens with zero attached hydrogens (tertiary/aromatic N) is 1. The van der Waals surface area contributed by atoms with E-state index >= 15 is 0 Å². The van der Waals surface area contributed by atoms with E-state index in [-0.39, 0.29) is 16.9 Å². The number of methoxy groups -OCH3 is 3. The number of ether oxygens (including phenoxy) is 3. The third kappa shape index (κ3) is 4.19. The van der Waals surface area contributed by atoms with E-state index in [1.807, 2.05) is 0 Å². The van der Waals surface area contributed by atoms with Gasteiger partial charge in [0.25, 0.3) is 0 Å². The molecule has 0 fully saturated rings. The first-order valence-corrected chi connectivity index (χ1v) is 9.73. The van der Waals surface area contributed by atoms with Crippen LogP contribution in [0.25, 0.3) is 27.6 Å². The zero-order valence-corrected chi connectivity index (χ0v) is 18.5. The van der Waals surface area contributed by atoms with E-state index in [2.05, 4.69) is 4.98 Å². The summed E-state index contributed by atoms with van der Waals surface area (Å²) < 4.78 is 56.1. The fourth-order valence-electron chi connectivity index (χ4n) is 3.58. The summed E-state index contributed by atoms with van der Waals surface area (Å²) in [5, 5.41) is 15.9. The minimum atomic E-state index is -4.93. The molecule has 0 aliphatic rings. The molecule has 2 aromatic carbocycles. The molecule has 0 amide bonds. The quantitative estimate of drug-likeness (QED) is 0.296. The molecule has 0 spiro atoms. The van der Waals surface area contributed by atoms with Gasteiger partial charge in [0.05, 0.1) is 32.5 Å². The minimum absolute atomic E-state index is 0.179. The van der Waals surface area contributed by atoms with Crippen LogP contribution in [0.1, 0.15) is 11.3 Å². The predicted octanol–water partition coefficient (Wildman–Crippen LogP) is 4.39. The van der Waals surface area contributed by atoms with Crippen LogP contribution >= 0.6 is 0 Å². The number of hydrogen-bond donors (Lipinski definition) is 4. The highest BCUT2D eigenvalue weighted by molar-refractivity contribution is 6.25. The van der Waals surface area contributed by atoms with E-state index in [0.717, 1.165) is 6.21 Å². The zero-order valence-electron chi connectivity index (χ0n) is 18.5. The van der Waals surface area contributed by atoms with E-state index < -0.39 is 17.5 Å². The van der Waals surface area contributed by atoms with Gasteiger partial charge in [-0.05, 0) is 41.5 Å². The number of alkyl halides is 3. The molecular formula is C23H22F3N5O3. The van der Waals surface area contributed by atoms with Crippen LogP contribution in [-0.4, -0.2) is 44.4 Å². The van der Waals surface area contributed by atoms with Crippen molar-refractivity contribution >= 4 is 34.1 Å². The lowest BCUT2D eigenvalue weighted by Gasteiger charge is -2.18. The fourth-order valence-corrected chi connectivity index (χ4v) is 3.58. The molecule has 0 aliphatic carbocycles. The Morgan fingerprint density at radius 2 is 1.65 bits per heavy atom. The molecule has 3 rings (SSSR count). The molecule has 34 heavy (non-hydrogen) atoms. The van der Waals surface area contributed by atoms with E-state index in [1.54, 1.807) is 12.1 Å². The number of nitrogen functional groups attached to an aromatic ring is 1. The van der Waals surface area contributed by atoms with Crippen LogP contribution in [0.4, 0.5) is 18.9 Å². The van der Waals surface area contributed by atoms with Crippen LogP contribution in [-0.2, 0) is 0 Å². The number of aromatic nitrogens is 1. The third-order valence-electron chi connectivity index (χ3n) is 5.16. The first-order chi connectivity index (χ1) is 16.1. The van der Waals surface area contributed by atoms with Crippen LogP contribution in [0, 0.1) is 10.8 Å². The number of halogens is 3. The van der Waals surface area contributed by atoms with Crippen LogP contribution in [0.3, 0.4) is 0 Å². The van der Waals surface area contributed by atoms with Gasteiger partial charge in [-0.25, -0.2) is 4.98 Å². The highest BCUT2D eigenvalue weighted by Gasteiger charge is 2.37. The smallest absolute Gasteiger partial charge is 0.433 e. The summed E-state index contributed by atoms with van der Waals surface area (Å²) in [6, 6.07) is 7.59. The van der Waals surface area contributed by atoms with Crippen molar-refractivity contribution in [2.45, 2.75) is 6.18 Å². The molecule has 178 valence electrons. The lowest BCUT2D eigenvalue weighted by Crippen LogP contribution is -2.24. The number of anilines is 1. The largest absolute Gasteiger partial charge is 0.493 e. The monoisotopic (exact) mass is 473 g/mol. The lowest BCUT2D eigenvalue weighted by molar-refractivity contribution is -0.0578. The first kappa shape index (κ1) is 24.4. The maximum absolute atomic E-state index is 13.3. The number of fused-ring (bicyclic) bond motifs is 1. The van der Waals surface area contributed by atoms with Crippen molar-refractivity contribution in [1.82, 2.24) is 4.98 Å². The number of nitrogens with two attached hydrogens (primary N) is 2. The van der Waals surface area contributed by atoms with Crippen LogP contribution in [0.15, 0.2) is 36.5 Å². The van der Waals surface area contributed by atoms with Crippen molar-refractivity contribution in [1.29, 1.82) is 10.8 Å². The Kier molecular flexibility index (Phi) is 6.66. The van der Waals surface area contributed by atoms with Crippen LogP contribution in [0.5, 0.6) is 17.2 Å². The summed E-state index contributed by atoms with van der Waals surface area (Å²) in [5.74, 6) is 0.933. The Balaban J connectivity index is 2.47. The van der Waals surface area contributed by atoms with Gasteiger partial charge in [-0.1, -0.05) is 0 Å². The topological polar surface area (TPSA) is 140 Å². The number of nitrogens with one attached hydrogen (secondary N) is 2. The van der Waals surface area contributed by atoms with Crippen molar-refractivity contribution in [3.05, 3.63) is 47.8 Å². The standard InChI is InChI=1S/C23H22F3N5O3/c1-32-18-6-11(7-19(33-2)21(18)34-3)12-8-17(14(10-28)22(30)23(24,25)26)31-16-5-4-15(29)13(9-27)20(12)16/h4-10,27,30H,28-29H2,1-3H3/b14-10-,27-9?,30-22?. The van der Waals surface area contributed by atoms with Crippen molar-refractivity contribution in [2.24, 2.45) is 5.73 Å². The molecule has 8 nitrogen and oxygen atoms in total. The molecule has 0 unspecified atom stereocenters. The Labute approximate surface area is 193 Å².